The summed E-state index contributed by atoms with van der Waals surface area (Å²) in [5.41, 5.74) is 0.442. The predicted octanol–water partition coefficient (Wildman–Crippen LogP) is 5.52. The molecule has 0 N–H and O–H groups in total. The molecule has 2 saturated carbocycles. The SMILES string of the molecule is [B]C1(C2CCCCC2)CCCC1C(C)(C)CCC. The average Bonchev–Trinajstić information content (AvgIpc) is 2.75. The van der Waals surface area contributed by atoms with E-state index >= 15 is 0 Å². The highest BCUT2D eigenvalue weighted by Crippen LogP contribution is 2.62. The molecule has 2 fully saturated rings. The molecule has 2 rings (SSSR count). The molecule has 18 heavy (non-hydrogen) atoms. The van der Waals surface area contributed by atoms with Gasteiger partial charge < -0.3 is 0 Å². The van der Waals surface area contributed by atoms with Gasteiger partial charge in [-0.05, 0) is 23.7 Å². The molecule has 2 aliphatic carbocycles. The maximum atomic E-state index is 6.99. The number of hydrogen-bond acceptors (Lipinski definition) is 0. The first kappa shape index (κ1) is 14.5. The van der Waals surface area contributed by atoms with Crippen molar-refractivity contribution in [1.82, 2.24) is 0 Å². The smallest absolute Gasteiger partial charge is 0.0654 e. The Kier molecular flexibility index (Phi) is 4.50. The Bertz CT molecular complexity index is 265. The molecule has 0 heterocycles. The van der Waals surface area contributed by atoms with Crippen molar-refractivity contribution in [2.24, 2.45) is 17.3 Å². The molecule has 0 bridgehead atoms. The van der Waals surface area contributed by atoms with Gasteiger partial charge in [0.15, 0.2) is 0 Å². The van der Waals surface area contributed by atoms with E-state index in [0.29, 0.717) is 5.41 Å². The van der Waals surface area contributed by atoms with E-state index < -0.39 is 0 Å². The molecule has 0 saturated heterocycles. The van der Waals surface area contributed by atoms with Crippen LogP contribution < -0.4 is 0 Å². The number of rotatable bonds is 4. The molecule has 0 aromatic heterocycles. The molecule has 2 radical (unpaired) electrons. The van der Waals surface area contributed by atoms with Crippen LogP contribution in [0, 0.1) is 17.3 Å². The van der Waals surface area contributed by atoms with Gasteiger partial charge >= 0.3 is 0 Å². The Hall–Kier alpha value is 0.0649. The third-order valence-corrected chi connectivity index (χ3v) is 5.95. The van der Waals surface area contributed by atoms with Gasteiger partial charge in [-0.3, -0.25) is 0 Å². The normalized spacial score (nSPS) is 34.9. The van der Waals surface area contributed by atoms with Gasteiger partial charge in [0.1, 0.15) is 0 Å². The Morgan fingerprint density at radius 1 is 1.06 bits per heavy atom. The maximum Gasteiger partial charge on any atom is 0.0754 e. The van der Waals surface area contributed by atoms with Crippen molar-refractivity contribution in [2.45, 2.75) is 90.3 Å². The quantitative estimate of drug-likeness (QED) is 0.573. The van der Waals surface area contributed by atoms with E-state index in [0.717, 1.165) is 11.8 Å². The lowest BCUT2D eigenvalue weighted by molar-refractivity contribution is 0.108. The first-order valence-corrected chi connectivity index (χ1v) is 8.29. The summed E-state index contributed by atoms with van der Waals surface area (Å²) in [5.74, 6) is 1.57. The van der Waals surface area contributed by atoms with Gasteiger partial charge in [0.05, 0.1) is 7.85 Å². The summed E-state index contributed by atoms with van der Waals surface area (Å²) in [6.07, 6.45) is 13.7. The molecule has 0 aromatic carbocycles. The number of hydrogen-bond donors (Lipinski definition) is 0. The zero-order chi connectivity index (χ0) is 13.2. The fourth-order valence-electron chi connectivity index (χ4n) is 5.12. The van der Waals surface area contributed by atoms with Crippen LogP contribution >= 0.6 is 0 Å². The molecule has 0 spiro atoms. The Morgan fingerprint density at radius 3 is 2.33 bits per heavy atom. The summed E-state index contributed by atoms with van der Waals surface area (Å²) in [6, 6.07) is 0. The predicted molar refractivity (Wildman–Crippen MR) is 81.1 cm³/mol. The first-order chi connectivity index (χ1) is 8.50. The van der Waals surface area contributed by atoms with Crippen LogP contribution in [0.1, 0.15) is 85.0 Å². The molecular weight excluding hydrogens is 215 g/mol. The lowest BCUT2D eigenvalue weighted by Gasteiger charge is -2.48. The van der Waals surface area contributed by atoms with Crippen LogP contribution in [0.4, 0.5) is 0 Å². The standard InChI is InChI=1S/C17H31B/c1-4-12-16(2,3)15-11-8-13-17(15,18)14-9-6-5-7-10-14/h14-15H,4-13H2,1-3H3. The molecule has 0 amide bonds. The molecule has 0 aliphatic heterocycles. The first-order valence-electron chi connectivity index (χ1n) is 8.29. The largest absolute Gasteiger partial charge is 0.0754 e. The van der Waals surface area contributed by atoms with E-state index in [1.165, 1.54) is 64.2 Å². The fourth-order valence-corrected chi connectivity index (χ4v) is 5.12. The van der Waals surface area contributed by atoms with Gasteiger partial charge in [-0.15, -0.1) is 0 Å². The zero-order valence-electron chi connectivity index (χ0n) is 12.8. The van der Waals surface area contributed by atoms with Gasteiger partial charge in [0.25, 0.3) is 0 Å². The molecule has 2 atom stereocenters. The summed E-state index contributed by atoms with van der Waals surface area (Å²) in [6.45, 7) is 7.25. The van der Waals surface area contributed by atoms with E-state index in [-0.39, 0.29) is 5.31 Å². The van der Waals surface area contributed by atoms with Crippen LogP contribution in [0.15, 0.2) is 0 Å². The minimum atomic E-state index is 0.166. The average molecular weight is 246 g/mol. The summed E-state index contributed by atoms with van der Waals surface area (Å²) in [5, 5.41) is 0.166. The Morgan fingerprint density at radius 2 is 1.72 bits per heavy atom. The second-order valence-electron chi connectivity index (χ2n) is 7.63. The molecule has 1 heteroatoms. The van der Waals surface area contributed by atoms with Gasteiger partial charge in [-0.25, -0.2) is 0 Å². The Labute approximate surface area is 116 Å². The minimum Gasteiger partial charge on any atom is -0.0654 e. The fraction of sp³-hybridized carbons (Fsp3) is 1.00. The van der Waals surface area contributed by atoms with E-state index in [4.69, 9.17) is 7.85 Å². The van der Waals surface area contributed by atoms with Crippen LogP contribution in [0.5, 0.6) is 0 Å². The second kappa shape index (κ2) is 5.59. The third kappa shape index (κ3) is 2.65. The van der Waals surface area contributed by atoms with Crippen molar-refractivity contribution in [3.8, 4) is 0 Å². The van der Waals surface area contributed by atoms with E-state index in [2.05, 4.69) is 20.8 Å². The third-order valence-electron chi connectivity index (χ3n) is 5.95. The van der Waals surface area contributed by atoms with Crippen LogP contribution in [0.25, 0.3) is 0 Å². The van der Waals surface area contributed by atoms with Crippen molar-refractivity contribution in [3.63, 3.8) is 0 Å². The van der Waals surface area contributed by atoms with Crippen molar-refractivity contribution in [2.75, 3.05) is 0 Å². The monoisotopic (exact) mass is 246 g/mol. The van der Waals surface area contributed by atoms with Crippen LogP contribution in [-0.2, 0) is 0 Å². The summed E-state index contributed by atoms with van der Waals surface area (Å²) in [4.78, 5) is 0. The minimum absolute atomic E-state index is 0.166. The van der Waals surface area contributed by atoms with E-state index in [1.54, 1.807) is 0 Å². The molecule has 0 nitrogen and oxygen atoms in total. The van der Waals surface area contributed by atoms with Crippen molar-refractivity contribution >= 4 is 7.85 Å². The topological polar surface area (TPSA) is 0 Å². The van der Waals surface area contributed by atoms with E-state index in [9.17, 15) is 0 Å². The highest BCUT2D eigenvalue weighted by Gasteiger charge is 2.49. The van der Waals surface area contributed by atoms with Gasteiger partial charge in [0.2, 0.25) is 0 Å². The lowest BCUT2D eigenvalue weighted by atomic mass is 9.47. The molecule has 2 unspecified atom stereocenters. The second-order valence-corrected chi connectivity index (χ2v) is 7.63. The van der Waals surface area contributed by atoms with Gasteiger partial charge in [0, 0.05) is 0 Å². The Balaban J connectivity index is 2.14. The summed E-state index contributed by atoms with van der Waals surface area (Å²) < 4.78 is 0. The maximum absolute atomic E-state index is 6.99. The van der Waals surface area contributed by atoms with Crippen LogP contribution in [-0.4, -0.2) is 7.85 Å². The van der Waals surface area contributed by atoms with Crippen LogP contribution in [0.3, 0.4) is 0 Å². The van der Waals surface area contributed by atoms with Crippen LogP contribution in [0.2, 0.25) is 5.31 Å². The summed E-state index contributed by atoms with van der Waals surface area (Å²) in [7, 11) is 6.99. The lowest BCUT2D eigenvalue weighted by Crippen LogP contribution is -2.37. The molecule has 102 valence electrons. The molecule has 0 aromatic rings. The highest BCUT2D eigenvalue weighted by molar-refractivity contribution is 6.16. The highest BCUT2D eigenvalue weighted by atomic mass is 14.5. The molecular formula is C17H31B. The zero-order valence-corrected chi connectivity index (χ0v) is 12.8. The van der Waals surface area contributed by atoms with Crippen molar-refractivity contribution in [3.05, 3.63) is 0 Å². The van der Waals surface area contributed by atoms with Crippen molar-refractivity contribution < 1.29 is 0 Å². The van der Waals surface area contributed by atoms with Gasteiger partial charge in [-0.1, -0.05) is 83.9 Å². The van der Waals surface area contributed by atoms with E-state index in [1.807, 2.05) is 0 Å². The summed E-state index contributed by atoms with van der Waals surface area (Å²) >= 11 is 0. The molecule has 2 aliphatic rings. The van der Waals surface area contributed by atoms with Gasteiger partial charge in [-0.2, -0.15) is 0 Å². The van der Waals surface area contributed by atoms with Crippen molar-refractivity contribution in [1.29, 1.82) is 0 Å².